The van der Waals surface area contributed by atoms with E-state index in [-0.39, 0.29) is 11.8 Å². The van der Waals surface area contributed by atoms with Crippen molar-refractivity contribution in [3.8, 4) is 5.75 Å². The van der Waals surface area contributed by atoms with Crippen molar-refractivity contribution < 1.29 is 19.1 Å². The summed E-state index contributed by atoms with van der Waals surface area (Å²) in [5.74, 6) is 0.286. The number of hydrogen-bond acceptors (Lipinski definition) is 4. The Kier molecular flexibility index (Phi) is 4.73. The zero-order valence-corrected chi connectivity index (χ0v) is 13.6. The van der Waals surface area contributed by atoms with Crippen molar-refractivity contribution in [3.05, 3.63) is 28.8 Å². The van der Waals surface area contributed by atoms with Gasteiger partial charge in [0, 0.05) is 24.5 Å². The van der Waals surface area contributed by atoms with Gasteiger partial charge in [-0.2, -0.15) is 0 Å². The second-order valence-electron chi connectivity index (χ2n) is 5.73. The predicted octanol–water partition coefficient (Wildman–Crippen LogP) is 1.01. The number of fused-ring (bicyclic) bond motifs is 1. The third-order valence-corrected chi connectivity index (χ3v) is 4.28. The van der Waals surface area contributed by atoms with Gasteiger partial charge in [0.15, 0.2) is 6.10 Å². The van der Waals surface area contributed by atoms with E-state index in [0.717, 1.165) is 5.56 Å². The quantitative estimate of drug-likeness (QED) is 0.893. The van der Waals surface area contributed by atoms with Crippen LogP contribution in [0.3, 0.4) is 0 Å². The smallest absolute Gasteiger partial charge is 0.262 e. The molecule has 1 fully saturated rings. The van der Waals surface area contributed by atoms with Crippen LogP contribution in [0.15, 0.2) is 18.2 Å². The largest absolute Gasteiger partial charge is 0.480 e. The Labute approximate surface area is 139 Å². The molecule has 3 rings (SSSR count). The van der Waals surface area contributed by atoms with E-state index < -0.39 is 12.1 Å². The van der Waals surface area contributed by atoms with Crippen LogP contribution in [0.4, 0.5) is 0 Å². The number of carbonyl (C=O) groups is 2. The number of rotatable bonds is 3. The Morgan fingerprint density at radius 2 is 2.09 bits per heavy atom. The van der Waals surface area contributed by atoms with Gasteiger partial charge in [-0.3, -0.25) is 9.59 Å². The average Bonchev–Trinajstić information content (AvgIpc) is 2.98. The normalized spacial score (nSPS) is 21.3. The first-order valence-corrected chi connectivity index (χ1v) is 8.04. The third-order valence-electron chi connectivity index (χ3n) is 4.04. The SMILES string of the molecule is CC(NC(=O)C1Cc2cc(Cl)ccc2O1)C(=O)N1CCOCC1. The van der Waals surface area contributed by atoms with Gasteiger partial charge in [0.1, 0.15) is 11.8 Å². The van der Waals surface area contributed by atoms with Gasteiger partial charge in [-0.1, -0.05) is 11.6 Å². The standard InChI is InChI=1S/C16H19ClN2O4/c1-10(16(21)19-4-6-22-7-5-19)18-15(20)14-9-11-8-12(17)2-3-13(11)23-14/h2-3,8,10,14H,4-7,9H2,1H3,(H,18,20). The fourth-order valence-corrected chi connectivity index (χ4v) is 2.98. The molecule has 1 N–H and O–H groups in total. The van der Waals surface area contributed by atoms with Crippen molar-refractivity contribution in [1.29, 1.82) is 0 Å². The molecule has 2 amide bonds. The number of amides is 2. The maximum absolute atomic E-state index is 12.3. The highest BCUT2D eigenvalue weighted by atomic mass is 35.5. The lowest BCUT2D eigenvalue weighted by Crippen LogP contribution is -2.52. The summed E-state index contributed by atoms with van der Waals surface area (Å²) in [6.45, 7) is 3.88. The van der Waals surface area contributed by atoms with Gasteiger partial charge < -0.3 is 19.7 Å². The van der Waals surface area contributed by atoms with E-state index in [1.54, 1.807) is 30.0 Å². The molecule has 2 unspecified atom stereocenters. The molecule has 1 saturated heterocycles. The molecule has 0 radical (unpaired) electrons. The molecule has 7 heteroatoms. The Balaban J connectivity index is 1.56. The van der Waals surface area contributed by atoms with Gasteiger partial charge >= 0.3 is 0 Å². The van der Waals surface area contributed by atoms with Gasteiger partial charge in [0.05, 0.1) is 13.2 Å². The molecule has 1 aromatic rings. The number of nitrogens with zero attached hydrogens (tertiary/aromatic N) is 1. The molecular weight excluding hydrogens is 320 g/mol. The van der Waals surface area contributed by atoms with E-state index in [1.165, 1.54) is 0 Å². The van der Waals surface area contributed by atoms with E-state index in [9.17, 15) is 9.59 Å². The van der Waals surface area contributed by atoms with Crippen LogP contribution >= 0.6 is 11.6 Å². The molecular formula is C16H19ClN2O4. The Hall–Kier alpha value is -1.79. The second-order valence-corrected chi connectivity index (χ2v) is 6.17. The summed E-state index contributed by atoms with van der Waals surface area (Å²) in [5, 5.41) is 3.35. The summed E-state index contributed by atoms with van der Waals surface area (Å²) in [4.78, 5) is 26.3. The highest BCUT2D eigenvalue weighted by Gasteiger charge is 2.32. The number of hydrogen-bond donors (Lipinski definition) is 1. The number of nitrogens with one attached hydrogen (secondary N) is 1. The molecule has 6 nitrogen and oxygen atoms in total. The van der Waals surface area contributed by atoms with E-state index >= 15 is 0 Å². The number of benzene rings is 1. The fourth-order valence-electron chi connectivity index (χ4n) is 2.79. The molecule has 124 valence electrons. The highest BCUT2D eigenvalue weighted by molar-refractivity contribution is 6.30. The summed E-state index contributed by atoms with van der Waals surface area (Å²) in [6.07, 6.45) is -0.163. The van der Waals surface area contributed by atoms with Crippen molar-refractivity contribution in [1.82, 2.24) is 10.2 Å². The number of morpholine rings is 1. The van der Waals surface area contributed by atoms with E-state index in [2.05, 4.69) is 5.32 Å². The van der Waals surface area contributed by atoms with Crippen LogP contribution in [0.25, 0.3) is 0 Å². The molecule has 2 atom stereocenters. The number of halogens is 1. The first-order chi connectivity index (χ1) is 11.0. The van der Waals surface area contributed by atoms with Crippen LogP contribution in [0.2, 0.25) is 5.02 Å². The van der Waals surface area contributed by atoms with E-state index in [1.807, 2.05) is 0 Å². The molecule has 23 heavy (non-hydrogen) atoms. The number of carbonyl (C=O) groups excluding carboxylic acids is 2. The fraction of sp³-hybridized carbons (Fsp3) is 0.500. The molecule has 0 bridgehead atoms. The molecule has 0 aromatic heterocycles. The first-order valence-electron chi connectivity index (χ1n) is 7.66. The maximum Gasteiger partial charge on any atom is 0.262 e. The summed E-state index contributed by atoms with van der Waals surface area (Å²) in [6, 6.07) is 4.70. The topological polar surface area (TPSA) is 67.9 Å². The minimum Gasteiger partial charge on any atom is -0.480 e. The molecule has 0 aliphatic carbocycles. The Bertz CT molecular complexity index is 616. The minimum absolute atomic E-state index is 0.0970. The second kappa shape index (κ2) is 6.76. The van der Waals surface area contributed by atoms with Crippen molar-refractivity contribution in [2.45, 2.75) is 25.5 Å². The van der Waals surface area contributed by atoms with Crippen LogP contribution in [-0.2, 0) is 20.7 Å². The molecule has 2 aliphatic heterocycles. The van der Waals surface area contributed by atoms with Gasteiger partial charge in [-0.05, 0) is 30.7 Å². The third kappa shape index (κ3) is 3.59. The molecule has 1 aromatic carbocycles. The maximum atomic E-state index is 12.3. The lowest BCUT2D eigenvalue weighted by atomic mass is 10.1. The summed E-state index contributed by atoms with van der Waals surface area (Å²) >= 11 is 5.95. The lowest BCUT2D eigenvalue weighted by Gasteiger charge is -2.29. The zero-order chi connectivity index (χ0) is 16.4. The predicted molar refractivity (Wildman–Crippen MR) is 84.6 cm³/mol. The van der Waals surface area contributed by atoms with Crippen LogP contribution in [-0.4, -0.2) is 55.2 Å². The zero-order valence-electron chi connectivity index (χ0n) is 12.9. The molecule has 0 saturated carbocycles. The van der Waals surface area contributed by atoms with Crippen molar-refractivity contribution in [2.24, 2.45) is 0 Å². The minimum atomic E-state index is -0.622. The van der Waals surface area contributed by atoms with Gasteiger partial charge in [0.2, 0.25) is 5.91 Å². The molecule has 2 heterocycles. The van der Waals surface area contributed by atoms with E-state index in [4.69, 9.17) is 21.1 Å². The van der Waals surface area contributed by atoms with Crippen LogP contribution in [0, 0.1) is 0 Å². The van der Waals surface area contributed by atoms with Crippen LogP contribution < -0.4 is 10.1 Å². The van der Waals surface area contributed by atoms with Gasteiger partial charge in [0.25, 0.3) is 5.91 Å². The molecule has 0 spiro atoms. The van der Waals surface area contributed by atoms with Crippen LogP contribution in [0.1, 0.15) is 12.5 Å². The Morgan fingerprint density at radius 3 is 2.83 bits per heavy atom. The molecule has 2 aliphatic rings. The first kappa shape index (κ1) is 16.1. The van der Waals surface area contributed by atoms with E-state index in [0.29, 0.717) is 43.5 Å². The highest BCUT2D eigenvalue weighted by Crippen LogP contribution is 2.31. The van der Waals surface area contributed by atoms with Crippen molar-refractivity contribution in [2.75, 3.05) is 26.3 Å². The van der Waals surface area contributed by atoms with Crippen molar-refractivity contribution in [3.63, 3.8) is 0 Å². The number of ether oxygens (including phenoxy) is 2. The monoisotopic (exact) mass is 338 g/mol. The summed E-state index contributed by atoms with van der Waals surface area (Å²) < 4.78 is 10.9. The summed E-state index contributed by atoms with van der Waals surface area (Å²) in [7, 11) is 0. The average molecular weight is 339 g/mol. The van der Waals surface area contributed by atoms with Crippen molar-refractivity contribution >= 4 is 23.4 Å². The van der Waals surface area contributed by atoms with Gasteiger partial charge in [-0.15, -0.1) is 0 Å². The van der Waals surface area contributed by atoms with Gasteiger partial charge in [-0.25, -0.2) is 0 Å². The Morgan fingerprint density at radius 1 is 1.35 bits per heavy atom. The lowest BCUT2D eigenvalue weighted by molar-refractivity contribution is -0.140. The van der Waals surface area contributed by atoms with Crippen LogP contribution in [0.5, 0.6) is 5.75 Å². The summed E-state index contributed by atoms with van der Waals surface area (Å²) in [5.41, 5.74) is 0.907.